The molecule has 4 heteroatoms. The maximum absolute atomic E-state index is 5.34. The Morgan fingerprint density at radius 2 is 2.12 bits per heavy atom. The van der Waals surface area contributed by atoms with E-state index in [2.05, 4.69) is 12.6 Å². The van der Waals surface area contributed by atoms with E-state index >= 15 is 0 Å². The van der Waals surface area contributed by atoms with Crippen LogP contribution in [0.1, 0.15) is 0 Å². The first-order valence-electron chi connectivity index (χ1n) is 4.62. The average molecular weight is 220 g/mol. The Morgan fingerprint density at radius 3 is 2.69 bits per heavy atom. The molecule has 0 aliphatic heterocycles. The van der Waals surface area contributed by atoms with Crippen LogP contribution in [0.25, 0.3) is 0 Å². The molecule has 1 rings (SSSR count). The maximum atomic E-state index is 5.34. The summed E-state index contributed by atoms with van der Waals surface area (Å²) in [6.07, 6.45) is 5.13. The minimum atomic E-state index is 0.184. The van der Waals surface area contributed by atoms with Gasteiger partial charge in [-0.05, 0) is 6.07 Å². The first-order chi connectivity index (χ1) is 7.72. The standard InChI is InChI=1S/C12H14NO3/c1-5-8-16-12-9-10(13(2)15-4)6-7-11(12)14-3/h1,6-7,9H,2,8H2,3-4H3/q+1. The van der Waals surface area contributed by atoms with E-state index in [0.29, 0.717) is 11.5 Å². The summed E-state index contributed by atoms with van der Waals surface area (Å²) >= 11 is 0. The predicted molar refractivity (Wildman–Crippen MR) is 61.4 cm³/mol. The lowest BCUT2D eigenvalue weighted by atomic mass is 10.3. The van der Waals surface area contributed by atoms with E-state index in [1.807, 2.05) is 0 Å². The molecule has 0 aliphatic carbocycles. The lowest BCUT2D eigenvalue weighted by Gasteiger charge is -2.08. The topological polar surface area (TPSA) is 30.7 Å². The zero-order chi connectivity index (χ0) is 12.0. The summed E-state index contributed by atoms with van der Waals surface area (Å²) in [4.78, 5) is 4.95. The van der Waals surface area contributed by atoms with Gasteiger partial charge in [0.05, 0.1) is 13.2 Å². The van der Waals surface area contributed by atoms with Crippen molar-refractivity contribution in [2.75, 3.05) is 20.8 Å². The van der Waals surface area contributed by atoms with Gasteiger partial charge < -0.3 is 9.47 Å². The highest BCUT2D eigenvalue weighted by Gasteiger charge is 2.12. The van der Waals surface area contributed by atoms with E-state index in [1.165, 1.54) is 11.8 Å². The molecule has 0 radical (unpaired) electrons. The fourth-order valence-corrected chi connectivity index (χ4v) is 1.16. The minimum absolute atomic E-state index is 0.184. The SMILES string of the molecule is C#CCOc1cc([N+](=C)OC)ccc1OC. The van der Waals surface area contributed by atoms with E-state index < -0.39 is 0 Å². The van der Waals surface area contributed by atoms with E-state index in [9.17, 15) is 0 Å². The largest absolute Gasteiger partial charge is 0.493 e. The van der Waals surface area contributed by atoms with Crippen molar-refractivity contribution in [2.45, 2.75) is 0 Å². The van der Waals surface area contributed by atoms with Gasteiger partial charge in [0, 0.05) is 10.8 Å². The smallest absolute Gasteiger partial charge is 0.260 e. The molecule has 0 heterocycles. The second-order valence-corrected chi connectivity index (χ2v) is 2.89. The van der Waals surface area contributed by atoms with Crippen LogP contribution < -0.4 is 9.47 Å². The van der Waals surface area contributed by atoms with Crippen molar-refractivity contribution in [2.24, 2.45) is 0 Å². The number of benzene rings is 1. The quantitative estimate of drug-likeness (QED) is 0.327. The molecular weight excluding hydrogens is 206 g/mol. The molecule has 4 nitrogen and oxygen atoms in total. The number of nitrogens with zero attached hydrogens (tertiary/aromatic N) is 1. The Morgan fingerprint density at radius 1 is 1.38 bits per heavy atom. The highest BCUT2D eigenvalue weighted by atomic mass is 16.6. The minimum Gasteiger partial charge on any atom is -0.493 e. The second-order valence-electron chi connectivity index (χ2n) is 2.89. The molecule has 1 aromatic rings. The molecule has 0 N–H and O–H groups in total. The Kier molecular flexibility index (Phi) is 4.22. The van der Waals surface area contributed by atoms with Gasteiger partial charge in [0.1, 0.15) is 13.7 Å². The molecule has 84 valence electrons. The first kappa shape index (κ1) is 11.9. The molecule has 0 bridgehead atoms. The molecule has 0 fully saturated rings. The number of terminal acetylenes is 1. The fourth-order valence-electron chi connectivity index (χ4n) is 1.16. The van der Waals surface area contributed by atoms with Gasteiger partial charge in [-0.2, -0.15) is 0 Å². The lowest BCUT2D eigenvalue weighted by molar-refractivity contribution is -0.714. The average Bonchev–Trinajstić information content (AvgIpc) is 2.34. The number of ether oxygens (including phenoxy) is 2. The summed E-state index contributed by atoms with van der Waals surface area (Å²) < 4.78 is 11.8. The molecule has 0 unspecified atom stereocenters. The van der Waals surface area contributed by atoms with Gasteiger partial charge in [-0.15, -0.1) is 6.42 Å². The summed E-state index contributed by atoms with van der Waals surface area (Å²) in [5, 5.41) is 0. The van der Waals surface area contributed by atoms with Crippen LogP contribution in [0.5, 0.6) is 11.5 Å². The van der Waals surface area contributed by atoms with E-state index in [4.69, 9.17) is 20.7 Å². The van der Waals surface area contributed by atoms with E-state index in [-0.39, 0.29) is 6.61 Å². The molecule has 0 amide bonds. The number of hydrogen-bond acceptors (Lipinski definition) is 3. The Bertz CT molecular complexity index is 421. The third-order valence-corrected chi connectivity index (χ3v) is 1.97. The highest BCUT2D eigenvalue weighted by Crippen LogP contribution is 2.30. The van der Waals surface area contributed by atoms with Crippen LogP contribution in [-0.2, 0) is 4.84 Å². The van der Waals surface area contributed by atoms with Crippen molar-refractivity contribution in [3.05, 3.63) is 18.2 Å². The van der Waals surface area contributed by atoms with Gasteiger partial charge in [0.15, 0.2) is 18.2 Å². The van der Waals surface area contributed by atoms with Crippen molar-refractivity contribution >= 4 is 12.4 Å². The third-order valence-electron chi connectivity index (χ3n) is 1.97. The normalized spacial score (nSPS) is 9.06. The molecule has 16 heavy (non-hydrogen) atoms. The summed E-state index contributed by atoms with van der Waals surface area (Å²) in [5.41, 5.74) is 0.746. The molecule has 0 atom stereocenters. The van der Waals surface area contributed by atoms with Gasteiger partial charge in [0.2, 0.25) is 0 Å². The molecule has 1 aromatic carbocycles. The lowest BCUT2D eigenvalue weighted by Crippen LogP contribution is -2.02. The maximum Gasteiger partial charge on any atom is 0.260 e. The Labute approximate surface area is 95.0 Å². The monoisotopic (exact) mass is 220 g/mol. The molecule has 0 spiro atoms. The van der Waals surface area contributed by atoms with Crippen molar-refractivity contribution in [3.63, 3.8) is 0 Å². The summed E-state index contributed by atoms with van der Waals surface area (Å²) in [6, 6.07) is 5.31. The summed E-state index contributed by atoms with van der Waals surface area (Å²) in [7, 11) is 3.09. The van der Waals surface area contributed by atoms with Gasteiger partial charge in [-0.3, -0.25) is 4.84 Å². The summed E-state index contributed by atoms with van der Waals surface area (Å²) in [6.45, 7) is 3.86. The second kappa shape index (κ2) is 5.66. The van der Waals surface area contributed by atoms with Gasteiger partial charge >= 0.3 is 0 Å². The molecule has 0 aliphatic rings. The first-order valence-corrected chi connectivity index (χ1v) is 4.62. The number of methoxy groups -OCH3 is 1. The predicted octanol–water partition coefficient (Wildman–Crippen LogP) is 1.61. The van der Waals surface area contributed by atoms with Crippen molar-refractivity contribution < 1.29 is 19.1 Å². The van der Waals surface area contributed by atoms with Gasteiger partial charge in [-0.25, -0.2) is 0 Å². The Hall–Kier alpha value is -2.15. The van der Waals surface area contributed by atoms with Crippen molar-refractivity contribution in [1.82, 2.24) is 0 Å². The molecular formula is C12H14NO3+. The molecule has 0 saturated carbocycles. The molecule has 0 saturated heterocycles. The van der Waals surface area contributed by atoms with Crippen LogP contribution in [-0.4, -0.2) is 32.3 Å². The zero-order valence-corrected chi connectivity index (χ0v) is 9.40. The third kappa shape index (κ3) is 2.67. The van der Waals surface area contributed by atoms with Gasteiger partial charge in [0.25, 0.3) is 5.69 Å². The van der Waals surface area contributed by atoms with Crippen LogP contribution in [0.2, 0.25) is 0 Å². The zero-order valence-electron chi connectivity index (χ0n) is 9.40. The van der Waals surface area contributed by atoms with Gasteiger partial charge in [-0.1, -0.05) is 5.92 Å². The molecule has 0 aromatic heterocycles. The van der Waals surface area contributed by atoms with Crippen LogP contribution in [0.4, 0.5) is 5.69 Å². The van der Waals surface area contributed by atoms with Crippen molar-refractivity contribution in [1.29, 1.82) is 0 Å². The summed E-state index contributed by atoms with van der Waals surface area (Å²) in [5.74, 6) is 3.57. The van der Waals surface area contributed by atoms with Crippen LogP contribution in [0.3, 0.4) is 0 Å². The van der Waals surface area contributed by atoms with Crippen molar-refractivity contribution in [3.8, 4) is 23.8 Å². The van der Waals surface area contributed by atoms with E-state index in [1.54, 1.807) is 25.3 Å². The van der Waals surface area contributed by atoms with E-state index in [0.717, 1.165) is 5.69 Å². The fraction of sp³-hybridized carbons (Fsp3) is 0.250. The highest BCUT2D eigenvalue weighted by molar-refractivity contribution is 5.49. The van der Waals surface area contributed by atoms with Crippen LogP contribution in [0, 0.1) is 12.3 Å². The van der Waals surface area contributed by atoms with Crippen LogP contribution >= 0.6 is 0 Å². The number of hydrogen-bond donors (Lipinski definition) is 0. The number of rotatable bonds is 5. The van der Waals surface area contributed by atoms with Crippen LogP contribution in [0.15, 0.2) is 18.2 Å². The Balaban J connectivity index is 3.01.